The van der Waals surface area contributed by atoms with E-state index < -0.39 is 5.54 Å². The molecule has 0 spiro atoms. The topological polar surface area (TPSA) is 35.5 Å². The number of hydroxylamine groups is 2. The quantitative estimate of drug-likeness (QED) is 0.742. The molecule has 1 atom stereocenters. The molecule has 0 radical (unpaired) electrons. The van der Waals surface area contributed by atoms with Gasteiger partial charge in [-0.05, 0) is 37.2 Å². The molecular weight excluding hydrogens is 190 g/mol. The van der Waals surface area contributed by atoms with Crippen LogP contribution in [0.2, 0.25) is 0 Å². The smallest absolute Gasteiger partial charge is 0.118 e. The van der Waals surface area contributed by atoms with Gasteiger partial charge in [0.25, 0.3) is 0 Å². The lowest BCUT2D eigenvalue weighted by atomic mass is 9.90. The summed E-state index contributed by atoms with van der Waals surface area (Å²) in [5.74, 6) is 0.811. The minimum atomic E-state index is -0.452. The van der Waals surface area contributed by atoms with Gasteiger partial charge in [-0.15, -0.1) is 0 Å². The van der Waals surface area contributed by atoms with Crippen molar-refractivity contribution in [3.8, 4) is 5.75 Å². The Bertz CT molecular complexity index is 372. The van der Waals surface area contributed by atoms with Crippen LogP contribution in [0.15, 0.2) is 36.5 Å². The van der Waals surface area contributed by atoms with Crippen molar-refractivity contribution in [3.05, 3.63) is 47.3 Å². The maximum Gasteiger partial charge on any atom is 0.118 e. The highest BCUT2D eigenvalue weighted by molar-refractivity contribution is 5.33. The summed E-state index contributed by atoms with van der Waals surface area (Å²) in [7, 11) is 1.63. The summed E-state index contributed by atoms with van der Waals surface area (Å²) < 4.78 is 5.08. The third-order valence-corrected chi connectivity index (χ3v) is 2.95. The molecular formula is C12H14NO2-. The summed E-state index contributed by atoms with van der Waals surface area (Å²) in [6.45, 7) is 1.95. The van der Waals surface area contributed by atoms with Crippen LogP contribution in [0.3, 0.4) is 0 Å². The van der Waals surface area contributed by atoms with Gasteiger partial charge >= 0.3 is 0 Å². The molecule has 0 aromatic heterocycles. The highest BCUT2D eigenvalue weighted by Crippen LogP contribution is 2.36. The summed E-state index contributed by atoms with van der Waals surface area (Å²) in [6, 6.07) is 7.65. The highest BCUT2D eigenvalue weighted by Gasteiger charge is 2.28. The molecule has 0 aliphatic carbocycles. The SMILES string of the molecule is COc1ccc(C2(C)CC=CN2[O-])cc1. The summed E-state index contributed by atoms with van der Waals surface area (Å²) in [5, 5.41) is 12.7. The van der Waals surface area contributed by atoms with Crippen molar-refractivity contribution in [2.24, 2.45) is 0 Å². The summed E-state index contributed by atoms with van der Waals surface area (Å²) >= 11 is 0. The van der Waals surface area contributed by atoms with Crippen LogP contribution in [0.1, 0.15) is 18.9 Å². The summed E-state index contributed by atoms with van der Waals surface area (Å²) in [4.78, 5) is 0. The number of hydrogen-bond donors (Lipinski definition) is 0. The second kappa shape index (κ2) is 3.59. The fraction of sp³-hybridized carbons (Fsp3) is 0.333. The average molecular weight is 204 g/mol. The molecule has 3 nitrogen and oxygen atoms in total. The molecule has 1 aromatic carbocycles. The van der Waals surface area contributed by atoms with Crippen LogP contribution in [0, 0.1) is 5.21 Å². The van der Waals surface area contributed by atoms with Crippen LogP contribution in [0.25, 0.3) is 0 Å². The fourth-order valence-electron chi connectivity index (χ4n) is 1.83. The summed E-state index contributed by atoms with van der Waals surface area (Å²) in [5.41, 5.74) is 0.565. The average Bonchev–Trinajstić information content (AvgIpc) is 2.61. The fourth-order valence-corrected chi connectivity index (χ4v) is 1.83. The van der Waals surface area contributed by atoms with E-state index in [4.69, 9.17) is 4.74 Å². The normalized spacial score (nSPS) is 24.6. The Kier molecular flexibility index (Phi) is 2.40. The minimum absolute atomic E-state index is 0.452. The maximum atomic E-state index is 11.6. The van der Waals surface area contributed by atoms with E-state index >= 15 is 0 Å². The number of nitrogens with zero attached hydrogens (tertiary/aromatic N) is 1. The molecule has 1 aliphatic heterocycles. The predicted molar refractivity (Wildman–Crippen MR) is 59.3 cm³/mol. The van der Waals surface area contributed by atoms with Crippen molar-refractivity contribution >= 4 is 0 Å². The largest absolute Gasteiger partial charge is 0.758 e. The Balaban J connectivity index is 2.29. The second-order valence-electron chi connectivity index (χ2n) is 3.92. The van der Waals surface area contributed by atoms with Crippen molar-refractivity contribution < 1.29 is 4.74 Å². The molecule has 0 fully saturated rings. The van der Waals surface area contributed by atoms with E-state index in [2.05, 4.69) is 0 Å². The van der Waals surface area contributed by atoms with Crippen LogP contribution in [-0.2, 0) is 5.54 Å². The monoisotopic (exact) mass is 204 g/mol. The van der Waals surface area contributed by atoms with E-state index in [0.29, 0.717) is 0 Å². The molecule has 1 aromatic rings. The van der Waals surface area contributed by atoms with E-state index in [9.17, 15) is 5.21 Å². The van der Waals surface area contributed by atoms with Crippen molar-refractivity contribution in [3.63, 3.8) is 0 Å². The van der Waals surface area contributed by atoms with Crippen LogP contribution < -0.4 is 4.74 Å². The zero-order valence-electron chi connectivity index (χ0n) is 8.93. The third-order valence-electron chi connectivity index (χ3n) is 2.95. The van der Waals surface area contributed by atoms with E-state index in [1.54, 1.807) is 13.3 Å². The molecule has 2 rings (SSSR count). The number of rotatable bonds is 2. The van der Waals surface area contributed by atoms with Gasteiger partial charge in [-0.2, -0.15) is 0 Å². The van der Waals surface area contributed by atoms with Gasteiger partial charge in [0.2, 0.25) is 0 Å². The molecule has 1 heterocycles. The molecule has 0 amide bonds. The third kappa shape index (κ3) is 1.59. The molecule has 0 bridgehead atoms. The standard InChI is InChI=1S/C12H14NO2/c1-12(8-3-9-13(12)14)10-4-6-11(15-2)7-5-10/h3-7,9H,8H2,1-2H3/q-1. The lowest BCUT2D eigenvalue weighted by molar-refractivity contribution is 0.259. The molecule has 0 saturated carbocycles. The molecule has 1 unspecified atom stereocenters. The molecule has 1 aliphatic rings. The van der Waals surface area contributed by atoms with Crippen molar-refractivity contribution in [1.82, 2.24) is 5.06 Å². The van der Waals surface area contributed by atoms with Gasteiger partial charge in [0.1, 0.15) is 5.75 Å². The Hall–Kier alpha value is -1.48. The van der Waals surface area contributed by atoms with Crippen molar-refractivity contribution in [2.75, 3.05) is 7.11 Å². The number of benzene rings is 1. The van der Waals surface area contributed by atoms with Crippen LogP contribution in [-0.4, -0.2) is 12.2 Å². The van der Waals surface area contributed by atoms with Gasteiger partial charge in [0, 0.05) is 0 Å². The Labute approximate surface area is 89.5 Å². The molecule has 0 saturated heterocycles. The number of ether oxygens (including phenoxy) is 1. The highest BCUT2D eigenvalue weighted by atomic mass is 16.5. The van der Waals surface area contributed by atoms with Gasteiger partial charge in [0.05, 0.1) is 12.6 Å². The van der Waals surface area contributed by atoms with Crippen molar-refractivity contribution in [1.29, 1.82) is 0 Å². The van der Waals surface area contributed by atoms with Gasteiger partial charge in [-0.1, -0.05) is 18.2 Å². The molecule has 80 valence electrons. The van der Waals surface area contributed by atoms with Gasteiger partial charge in [0.15, 0.2) is 0 Å². The first-order valence-corrected chi connectivity index (χ1v) is 4.94. The van der Waals surface area contributed by atoms with Crippen LogP contribution in [0.5, 0.6) is 5.75 Å². The number of methoxy groups -OCH3 is 1. The molecule has 15 heavy (non-hydrogen) atoms. The zero-order chi connectivity index (χ0) is 10.9. The Morgan fingerprint density at radius 2 is 2.00 bits per heavy atom. The zero-order valence-corrected chi connectivity index (χ0v) is 8.93. The molecule has 3 heteroatoms. The van der Waals surface area contributed by atoms with E-state index in [1.165, 1.54) is 0 Å². The maximum absolute atomic E-state index is 11.6. The van der Waals surface area contributed by atoms with E-state index in [0.717, 1.165) is 22.8 Å². The Morgan fingerprint density at radius 3 is 2.47 bits per heavy atom. The van der Waals surface area contributed by atoms with Crippen molar-refractivity contribution in [2.45, 2.75) is 18.9 Å². The first-order chi connectivity index (χ1) is 7.16. The van der Waals surface area contributed by atoms with Gasteiger partial charge in [-0.25, -0.2) is 0 Å². The van der Waals surface area contributed by atoms with Crippen LogP contribution in [0.4, 0.5) is 0 Å². The minimum Gasteiger partial charge on any atom is -0.758 e. The van der Waals surface area contributed by atoms with Gasteiger partial charge in [-0.3, -0.25) is 0 Å². The Morgan fingerprint density at radius 1 is 1.33 bits per heavy atom. The van der Waals surface area contributed by atoms with E-state index in [1.807, 2.05) is 37.3 Å². The predicted octanol–water partition coefficient (Wildman–Crippen LogP) is 2.63. The molecule has 0 N–H and O–H groups in total. The lowest BCUT2D eigenvalue weighted by Crippen LogP contribution is -2.32. The second-order valence-corrected chi connectivity index (χ2v) is 3.92. The lowest BCUT2D eigenvalue weighted by Gasteiger charge is -2.42. The first kappa shape index (κ1) is 10.1. The summed E-state index contributed by atoms with van der Waals surface area (Å²) in [6.07, 6.45) is 4.24. The van der Waals surface area contributed by atoms with E-state index in [-0.39, 0.29) is 0 Å². The van der Waals surface area contributed by atoms with Crippen LogP contribution >= 0.6 is 0 Å². The first-order valence-electron chi connectivity index (χ1n) is 4.94. The van der Waals surface area contributed by atoms with Gasteiger partial charge < -0.3 is 15.0 Å². The number of hydrogen-bond acceptors (Lipinski definition) is 3.